The molecule has 3 rings (SSSR count). The third-order valence-electron chi connectivity index (χ3n) is 4.70. The first-order chi connectivity index (χ1) is 12.0. The maximum atomic E-state index is 11.2. The van der Waals surface area contributed by atoms with Gasteiger partial charge in [0.1, 0.15) is 0 Å². The molecular formula is C19H18Cl3NO2. The third-order valence-corrected chi connectivity index (χ3v) is 5.79. The van der Waals surface area contributed by atoms with E-state index in [1.54, 1.807) is 6.07 Å². The summed E-state index contributed by atoms with van der Waals surface area (Å²) in [5.41, 5.74) is 1.98. The van der Waals surface area contributed by atoms with Crippen LogP contribution in [0.4, 0.5) is 0 Å². The van der Waals surface area contributed by atoms with Crippen LogP contribution < -0.4 is 0 Å². The number of aliphatic carboxylic acids is 1. The van der Waals surface area contributed by atoms with E-state index in [0.717, 1.165) is 11.1 Å². The van der Waals surface area contributed by atoms with E-state index in [1.165, 1.54) is 0 Å². The molecule has 1 atom stereocenters. The van der Waals surface area contributed by atoms with Crippen molar-refractivity contribution < 1.29 is 9.90 Å². The zero-order chi connectivity index (χ0) is 18.0. The molecule has 0 saturated carbocycles. The van der Waals surface area contributed by atoms with Crippen LogP contribution in [-0.2, 0) is 4.79 Å². The molecule has 0 bridgehead atoms. The van der Waals surface area contributed by atoms with E-state index >= 15 is 0 Å². The SMILES string of the molecule is O=C(O)C1CCN(C(c2ccc(Cl)c(Cl)c2)c2ccccc2Cl)CC1. The second-order valence-corrected chi connectivity index (χ2v) is 7.47. The molecule has 2 aromatic rings. The van der Waals surface area contributed by atoms with Gasteiger partial charge < -0.3 is 5.11 Å². The summed E-state index contributed by atoms with van der Waals surface area (Å²) in [7, 11) is 0. The van der Waals surface area contributed by atoms with Crippen LogP contribution in [0.3, 0.4) is 0 Å². The minimum atomic E-state index is -0.719. The van der Waals surface area contributed by atoms with Crippen LogP contribution >= 0.6 is 34.8 Å². The van der Waals surface area contributed by atoms with Crippen molar-refractivity contribution in [3.63, 3.8) is 0 Å². The highest BCUT2D eigenvalue weighted by molar-refractivity contribution is 6.42. The summed E-state index contributed by atoms with van der Waals surface area (Å²) in [4.78, 5) is 13.5. The number of hydrogen-bond acceptors (Lipinski definition) is 2. The summed E-state index contributed by atoms with van der Waals surface area (Å²) >= 11 is 18.8. The van der Waals surface area contributed by atoms with Gasteiger partial charge in [0.05, 0.1) is 22.0 Å². The van der Waals surface area contributed by atoms with Crippen molar-refractivity contribution in [1.82, 2.24) is 4.90 Å². The van der Waals surface area contributed by atoms with Gasteiger partial charge in [-0.15, -0.1) is 0 Å². The van der Waals surface area contributed by atoms with Crippen LogP contribution in [0.15, 0.2) is 42.5 Å². The van der Waals surface area contributed by atoms with E-state index < -0.39 is 5.97 Å². The first-order valence-electron chi connectivity index (χ1n) is 8.13. The largest absolute Gasteiger partial charge is 0.481 e. The number of halogens is 3. The monoisotopic (exact) mass is 397 g/mol. The highest BCUT2D eigenvalue weighted by atomic mass is 35.5. The first-order valence-corrected chi connectivity index (χ1v) is 9.27. The zero-order valence-corrected chi connectivity index (χ0v) is 15.7. The zero-order valence-electron chi connectivity index (χ0n) is 13.5. The van der Waals surface area contributed by atoms with Crippen molar-refractivity contribution in [3.8, 4) is 0 Å². The molecule has 1 aliphatic rings. The van der Waals surface area contributed by atoms with E-state index in [0.29, 0.717) is 41.0 Å². The Morgan fingerprint density at radius 3 is 2.28 bits per heavy atom. The lowest BCUT2D eigenvalue weighted by Crippen LogP contribution is -2.39. The molecule has 0 aromatic heterocycles. The number of carbonyl (C=O) groups is 1. The summed E-state index contributed by atoms with van der Waals surface area (Å²) in [5, 5.41) is 10.9. The van der Waals surface area contributed by atoms with Crippen LogP contribution in [-0.4, -0.2) is 29.1 Å². The van der Waals surface area contributed by atoms with Crippen LogP contribution in [0.2, 0.25) is 15.1 Å². The molecule has 1 aliphatic heterocycles. The Labute approximate surface area is 162 Å². The number of rotatable bonds is 4. The summed E-state index contributed by atoms with van der Waals surface area (Å²) in [6, 6.07) is 13.2. The topological polar surface area (TPSA) is 40.5 Å². The summed E-state index contributed by atoms with van der Waals surface area (Å²) in [6.07, 6.45) is 1.25. The predicted molar refractivity (Wildman–Crippen MR) is 102 cm³/mol. The van der Waals surface area contributed by atoms with Gasteiger partial charge in [-0.3, -0.25) is 9.69 Å². The van der Waals surface area contributed by atoms with Crippen LogP contribution in [0.25, 0.3) is 0 Å². The lowest BCUT2D eigenvalue weighted by molar-refractivity contribution is -0.143. The summed E-state index contributed by atoms with van der Waals surface area (Å²) < 4.78 is 0. The Morgan fingerprint density at radius 2 is 1.68 bits per heavy atom. The Morgan fingerprint density at radius 1 is 1.00 bits per heavy atom. The van der Waals surface area contributed by atoms with Crippen LogP contribution in [0, 0.1) is 5.92 Å². The number of hydrogen-bond donors (Lipinski definition) is 1. The van der Waals surface area contributed by atoms with Crippen LogP contribution in [0.1, 0.15) is 30.0 Å². The minimum absolute atomic E-state index is 0.0850. The van der Waals surface area contributed by atoms with Crippen molar-refractivity contribution >= 4 is 40.8 Å². The molecule has 25 heavy (non-hydrogen) atoms. The summed E-state index contributed by atoms with van der Waals surface area (Å²) in [5.74, 6) is -1.000. The first kappa shape index (κ1) is 18.5. The fourth-order valence-electron chi connectivity index (χ4n) is 3.37. The molecule has 0 amide bonds. The van der Waals surface area contributed by atoms with Gasteiger partial charge in [-0.2, -0.15) is 0 Å². The molecule has 1 heterocycles. The molecule has 132 valence electrons. The van der Waals surface area contributed by atoms with E-state index in [4.69, 9.17) is 34.8 Å². The van der Waals surface area contributed by atoms with Gasteiger partial charge in [0.25, 0.3) is 0 Å². The average molecular weight is 399 g/mol. The number of piperidine rings is 1. The Bertz CT molecular complexity index is 773. The fourth-order valence-corrected chi connectivity index (χ4v) is 3.92. The predicted octanol–water partition coefficient (Wildman–Crippen LogP) is 5.53. The number of nitrogens with zero attached hydrogens (tertiary/aromatic N) is 1. The smallest absolute Gasteiger partial charge is 0.306 e. The molecule has 0 spiro atoms. The highest BCUT2D eigenvalue weighted by Gasteiger charge is 2.31. The van der Waals surface area contributed by atoms with Crippen molar-refractivity contribution in [2.24, 2.45) is 5.92 Å². The second kappa shape index (κ2) is 7.96. The van der Waals surface area contributed by atoms with Gasteiger partial charge in [-0.1, -0.05) is 59.1 Å². The molecule has 1 saturated heterocycles. The molecule has 1 fully saturated rings. The highest BCUT2D eigenvalue weighted by Crippen LogP contribution is 2.37. The van der Waals surface area contributed by atoms with Gasteiger partial charge in [0, 0.05) is 5.02 Å². The van der Waals surface area contributed by atoms with E-state index in [1.807, 2.05) is 36.4 Å². The van der Waals surface area contributed by atoms with Gasteiger partial charge in [0.15, 0.2) is 0 Å². The normalized spacial score (nSPS) is 17.4. The maximum Gasteiger partial charge on any atom is 0.306 e. The molecule has 6 heteroatoms. The van der Waals surface area contributed by atoms with E-state index in [2.05, 4.69) is 4.90 Å². The standard InChI is InChI=1S/C19H18Cl3NO2/c20-15-4-2-1-3-14(15)18(13-5-6-16(21)17(22)11-13)23-9-7-12(8-10-23)19(24)25/h1-6,11-12,18H,7-10H2,(H,24,25). The lowest BCUT2D eigenvalue weighted by atomic mass is 9.91. The minimum Gasteiger partial charge on any atom is -0.481 e. The summed E-state index contributed by atoms with van der Waals surface area (Å²) in [6.45, 7) is 1.38. The fraction of sp³-hybridized carbons (Fsp3) is 0.316. The van der Waals surface area contributed by atoms with Gasteiger partial charge in [0.2, 0.25) is 0 Å². The average Bonchev–Trinajstić information content (AvgIpc) is 2.60. The molecule has 0 radical (unpaired) electrons. The molecule has 1 unspecified atom stereocenters. The maximum absolute atomic E-state index is 11.2. The van der Waals surface area contributed by atoms with Gasteiger partial charge in [-0.25, -0.2) is 0 Å². The van der Waals surface area contributed by atoms with Crippen molar-refractivity contribution in [2.75, 3.05) is 13.1 Å². The van der Waals surface area contributed by atoms with Crippen molar-refractivity contribution in [1.29, 1.82) is 0 Å². The lowest BCUT2D eigenvalue weighted by Gasteiger charge is -2.37. The Kier molecular flexibility index (Phi) is 5.90. The van der Waals surface area contributed by atoms with E-state index in [9.17, 15) is 9.90 Å². The number of likely N-dealkylation sites (tertiary alicyclic amines) is 1. The molecular weight excluding hydrogens is 381 g/mol. The Balaban J connectivity index is 1.97. The van der Waals surface area contributed by atoms with E-state index in [-0.39, 0.29) is 12.0 Å². The van der Waals surface area contributed by atoms with Crippen molar-refractivity contribution in [3.05, 3.63) is 68.7 Å². The number of benzene rings is 2. The molecule has 2 aromatic carbocycles. The van der Waals surface area contributed by atoms with Gasteiger partial charge >= 0.3 is 5.97 Å². The number of carboxylic acids is 1. The van der Waals surface area contributed by atoms with Crippen LogP contribution in [0.5, 0.6) is 0 Å². The van der Waals surface area contributed by atoms with Crippen molar-refractivity contribution in [2.45, 2.75) is 18.9 Å². The molecule has 0 aliphatic carbocycles. The quantitative estimate of drug-likeness (QED) is 0.736. The second-order valence-electron chi connectivity index (χ2n) is 6.25. The van der Waals surface area contributed by atoms with Gasteiger partial charge in [-0.05, 0) is 55.3 Å². The molecule has 1 N–H and O–H groups in total. The Hall–Kier alpha value is -1.26. The number of carboxylic acid groups (broad SMARTS) is 1. The molecule has 3 nitrogen and oxygen atoms in total. The third kappa shape index (κ3) is 4.12.